The van der Waals surface area contributed by atoms with Crippen molar-refractivity contribution in [3.8, 4) is 0 Å². The fraction of sp³-hybridized carbons (Fsp3) is 0.533. The SMILES string of the molecule is Nc1nc(SCCCC=CI)nc2c1ncn2C1OC(COP(=O)(O)O)C(O)C1O. The number of imidazole rings is 1. The van der Waals surface area contributed by atoms with Crippen LogP contribution in [0.2, 0.25) is 0 Å². The number of allylic oxidation sites excluding steroid dienone is 1. The predicted molar refractivity (Wildman–Crippen MR) is 117 cm³/mol. The molecular formula is C15H21IN5O7PS. The van der Waals surface area contributed by atoms with Crippen molar-refractivity contribution >= 4 is 59.2 Å². The highest BCUT2D eigenvalue weighted by molar-refractivity contribution is 14.1. The Morgan fingerprint density at radius 2 is 2.13 bits per heavy atom. The third-order valence-corrected chi connectivity index (χ3v) is 6.21. The van der Waals surface area contributed by atoms with E-state index in [1.807, 2.05) is 4.08 Å². The molecule has 0 radical (unpaired) electrons. The van der Waals surface area contributed by atoms with Crippen molar-refractivity contribution in [2.24, 2.45) is 0 Å². The Balaban J connectivity index is 1.79. The molecule has 0 bridgehead atoms. The Bertz CT molecular complexity index is 957. The number of rotatable bonds is 9. The number of ether oxygens (including phenoxy) is 1. The minimum Gasteiger partial charge on any atom is -0.387 e. The van der Waals surface area contributed by atoms with Crippen molar-refractivity contribution in [3.63, 3.8) is 0 Å². The maximum absolute atomic E-state index is 10.9. The molecule has 0 amide bonds. The number of nitrogen functional groups attached to an aromatic ring is 1. The van der Waals surface area contributed by atoms with E-state index >= 15 is 0 Å². The van der Waals surface area contributed by atoms with Crippen LogP contribution in [-0.4, -0.2) is 70.2 Å². The van der Waals surface area contributed by atoms with Crippen LogP contribution in [0, 0.1) is 0 Å². The number of phosphoric acid groups is 1. The fourth-order valence-electron chi connectivity index (χ4n) is 2.86. The number of hydrogen-bond acceptors (Lipinski definition) is 10. The number of aliphatic hydroxyl groups is 2. The van der Waals surface area contributed by atoms with Crippen molar-refractivity contribution in [1.29, 1.82) is 0 Å². The summed E-state index contributed by atoms with van der Waals surface area (Å²) in [5.74, 6) is 0.950. The Morgan fingerprint density at radius 3 is 2.83 bits per heavy atom. The van der Waals surface area contributed by atoms with Crippen LogP contribution in [0.25, 0.3) is 11.2 Å². The van der Waals surface area contributed by atoms with Gasteiger partial charge in [0.05, 0.1) is 12.9 Å². The van der Waals surface area contributed by atoms with Gasteiger partial charge in [-0.25, -0.2) is 19.5 Å². The number of halogens is 1. The number of phosphoric ester groups is 1. The Hall–Kier alpha value is -0.840. The summed E-state index contributed by atoms with van der Waals surface area (Å²) < 4.78 is 24.2. The zero-order valence-corrected chi connectivity index (χ0v) is 19.4. The van der Waals surface area contributed by atoms with E-state index in [4.69, 9.17) is 20.3 Å². The Labute approximate surface area is 189 Å². The van der Waals surface area contributed by atoms with E-state index in [1.54, 1.807) is 0 Å². The van der Waals surface area contributed by atoms with Crippen LogP contribution in [-0.2, 0) is 13.8 Å². The van der Waals surface area contributed by atoms with Gasteiger partial charge >= 0.3 is 7.82 Å². The van der Waals surface area contributed by atoms with Crippen LogP contribution in [0.4, 0.5) is 5.82 Å². The smallest absolute Gasteiger partial charge is 0.387 e. The molecule has 30 heavy (non-hydrogen) atoms. The lowest BCUT2D eigenvalue weighted by Gasteiger charge is -2.17. The van der Waals surface area contributed by atoms with E-state index in [9.17, 15) is 14.8 Å². The van der Waals surface area contributed by atoms with Crippen LogP contribution in [0.3, 0.4) is 0 Å². The first-order valence-corrected chi connectivity index (χ1v) is 12.6. The van der Waals surface area contributed by atoms with Crippen molar-refractivity contribution in [1.82, 2.24) is 19.5 Å². The van der Waals surface area contributed by atoms with E-state index in [2.05, 4.69) is 48.1 Å². The monoisotopic (exact) mass is 573 g/mol. The summed E-state index contributed by atoms with van der Waals surface area (Å²) in [6.45, 7) is -0.602. The van der Waals surface area contributed by atoms with Gasteiger partial charge in [0.2, 0.25) is 0 Å². The number of aromatic nitrogens is 4. The lowest BCUT2D eigenvalue weighted by atomic mass is 10.1. The Kier molecular flexibility index (Phi) is 8.09. The maximum Gasteiger partial charge on any atom is 0.469 e. The molecule has 1 aliphatic rings. The minimum atomic E-state index is -4.75. The van der Waals surface area contributed by atoms with Gasteiger partial charge in [-0.2, -0.15) is 0 Å². The molecule has 1 aliphatic heterocycles. The quantitative estimate of drug-likeness (QED) is 0.0942. The number of anilines is 1. The van der Waals surface area contributed by atoms with Crippen LogP contribution in [0.15, 0.2) is 21.6 Å². The first-order valence-electron chi connectivity index (χ1n) is 8.81. The van der Waals surface area contributed by atoms with Crippen LogP contribution < -0.4 is 5.73 Å². The van der Waals surface area contributed by atoms with Crippen molar-refractivity contribution in [2.45, 2.75) is 42.5 Å². The summed E-state index contributed by atoms with van der Waals surface area (Å²) in [6, 6.07) is 0. The summed E-state index contributed by atoms with van der Waals surface area (Å²) in [7, 11) is -4.75. The molecule has 4 atom stereocenters. The molecule has 1 fully saturated rings. The highest BCUT2D eigenvalue weighted by Gasteiger charge is 2.45. The molecule has 0 spiro atoms. The summed E-state index contributed by atoms with van der Waals surface area (Å²) in [5, 5.41) is 21.0. The maximum atomic E-state index is 10.9. The number of nitrogens with zero attached hydrogens (tertiary/aromatic N) is 4. The lowest BCUT2D eigenvalue weighted by molar-refractivity contribution is -0.0504. The first-order chi connectivity index (χ1) is 14.2. The molecule has 0 aromatic carbocycles. The molecule has 2 aromatic rings. The standard InChI is InChI=1S/C15H21IN5O7PS/c16-4-2-1-3-5-30-15-19-12(17)9-13(20-15)21(7-18-9)14-11(23)10(22)8(28-14)6-27-29(24,25)26/h2,4,7-8,10-11,14,22-23H,1,3,5-6H2,(H2,17,19,20)(H2,24,25,26). The lowest BCUT2D eigenvalue weighted by Crippen LogP contribution is -2.33. The summed E-state index contributed by atoms with van der Waals surface area (Å²) >= 11 is 3.59. The number of unbranched alkanes of at least 4 members (excludes halogenated alkanes) is 1. The van der Waals surface area contributed by atoms with Gasteiger partial charge in [0, 0.05) is 5.75 Å². The normalized spacial score (nSPS) is 25.0. The minimum absolute atomic E-state index is 0.169. The zero-order valence-electron chi connectivity index (χ0n) is 15.5. The highest BCUT2D eigenvalue weighted by atomic mass is 127. The number of aliphatic hydroxyl groups excluding tert-OH is 2. The van der Waals surface area contributed by atoms with Gasteiger partial charge in [0.15, 0.2) is 22.8 Å². The second-order valence-electron chi connectivity index (χ2n) is 6.40. The second kappa shape index (κ2) is 10.2. The molecule has 0 aliphatic carbocycles. The third-order valence-electron chi connectivity index (χ3n) is 4.28. The topological polar surface area (TPSA) is 186 Å². The number of nitrogens with two attached hydrogens (primary N) is 1. The van der Waals surface area contributed by atoms with E-state index in [1.165, 1.54) is 22.7 Å². The molecule has 6 N–H and O–H groups in total. The average molecular weight is 573 g/mol. The van der Waals surface area contributed by atoms with Crippen LogP contribution >= 0.6 is 42.2 Å². The van der Waals surface area contributed by atoms with Crippen LogP contribution in [0.1, 0.15) is 19.1 Å². The molecule has 3 heterocycles. The van der Waals surface area contributed by atoms with Crippen molar-refractivity contribution in [2.75, 3.05) is 18.1 Å². The van der Waals surface area contributed by atoms with E-state index in [0.717, 1.165) is 18.6 Å². The molecule has 1 saturated heterocycles. The average Bonchev–Trinajstić information content (AvgIpc) is 3.21. The van der Waals surface area contributed by atoms with E-state index in [0.29, 0.717) is 16.3 Å². The fourth-order valence-corrected chi connectivity index (χ4v) is 4.37. The number of hydrogen-bond donors (Lipinski definition) is 5. The van der Waals surface area contributed by atoms with E-state index < -0.39 is 39.0 Å². The van der Waals surface area contributed by atoms with Gasteiger partial charge in [-0.05, 0) is 16.9 Å². The molecule has 15 heteroatoms. The molecular weight excluding hydrogens is 552 g/mol. The van der Waals surface area contributed by atoms with Crippen molar-refractivity contribution in [3.05, 3.63) is 16.5 Å². The van der Waals surface area contributed by atoms with E-state index in [-0.39, 0.29) is 5.82 Å². The Morgan fingerprint density at radius 1 is 1.37 bits per heavy atom. The highest BCUT2D eigenvalue weighted by Crippen LogP contribution is 2.39. The van der Waals surface area contributed by atoms with Gasteiger partial charge in [-0.3, -0.25) is 9.09 Å². The van der Waals surface area contributed by atoms with Crippen LogP contribution in [0.5, 0.6) is 0 Å². The first kappa shape index (κ1) is 23.8. The number of thioether (sulfide) groups is 1. The summed E-state index contributed by atoms with van der Waals surface area (Å²) in [4.78, 5) is 30.5. The van der Waals surface area contributed by atoms with Gasteiger partial charge in [-0.1, -0.05) is 40.4 Å². The largest absolute Gasteiger partial charge is 0.469 e. The zero-order chi connectivity index (χ0) is 21.9. The van der Waals surface area contributed by atoms with Crippen molar-refractivity contribution < 1.29 is 33.8 Å². The van der Waals surface area contributed by atoms with Gasteiger partial charge < -0.3 is 30.5 Å². The number of fused-ring (bicyclic) bond motifs is 1. The third kappa shape index (κ3) is 5.69. The molecule has 3 rings (SSSR count). The summed E-state index contributed by atoms with van der Waals surface area (Å²) in [6.07, 6.45) is 0.184. The molecule has 166 valence electrons. The molecule has 2 aromatic heterocycles. The molecule has 0 saturated carbocycles. The van der Waals surface area contributed by atoms with Gasteiger partial charge in [0.25, 0.3) is 0 Å². The van der Waals surface area contributed by atoms with Gasteiger partial charge in [-0.15, -0.1) is 0 Å². The predicted octanol–water partition coefficient (Wildman–Crippen LogP) is 0.958. The van der Waals surface area contributed by atoms with Gasteiger partial charge in [0.1, 0.15) is 23.8 Å². The summed E-state index contributed by atoms with van der Waals surface area (Å²) in [5.41, 5.74) is 6.62. The second-order valence-corrected chi connectivity index (χ2v) is 9.42. The molecule has 4 unspecified atom stereocenters. The molecule has 12 nitrogen and oxygen atoms in total.